The van der Waals surface area contributed by atoms with Crippen molar-refractivity contribution in [3.63, 3.8) is 0 Å². The van der Waals surface area contributed by atoms with Crippen molar-refractivity contribution >= 4 is 23.2 Å². The molecule has 0 unspecified atom stereocenters. The SMILES string of the molecule is Nc1ccc(C=CC(=O)c2ccc(N)cc2)cc1. The molecule has 0 amide bonds. The van der Waals surface area contributed by atoms with Gasteiger partial charge in [-0.05, 0) is 48.0 Å². The molecule has 0 aromatic heterocycles. The third-order valence-electron chi connectivity index (χ3n) is 2.56. The predicted molar refractivity (Wildman–Crippen MR) is 75.1 cm³/mol. The molecule has 0 heterocycles. The van der Waals surface area contributed by atoms with E-state index >= 15 is 0 Å². The lowest BCUT2D eigenvalue weighted by atomic mass is 10.1. The molecule has 18 heavy (non-hydrogen) atoms. The zero-order valence-electron chi connectivity index (χ0n) is 9.84. The van der Waals surface area contributed by atoms with Gasteiger partial charge in [-0.25, -0.2) is 0 Å². The van der Waals surface area contributed by atoms with Gasteiger partial charge in [0.2, 0.25) is 0 Å². The van der Waals surface area contributed by atoms with Crippen LogP contribution in [0.15, 0.2) is 54.6 Å². The van der Waals surface area contributed by atoms with Crippen LogP contribution in [0.4, 0.5) is 11.4 Å². The van der Waals surface area contributed by atoms with E-state index in [4.69, 9.17) is 11.5 Å². The van der Waals surface area contributed by atoms with Crippen LogP contribution < -0.4 is 11.5 Å². The quantitative estimate of drug-likeness (QED) is 0.490. The van der Waals surface area contributed by atoms with E-state index in [1.54, 1.807) is 42.5 Å². The Morgan fingerprint density at radius 1 is 0.833 bits per heavy atom. The number of benzene rings is 2. The fourth-order valence-electron chi connectivity index (χ4n) is 1.52. The average molecular weight is 238 g/mol. The number of anilines is 2. The molecule has 0 saturated heterocycles. The maximum Gasteiger partial charge on any atom is 0.185 e. The van der Waals surface area contributed by atoms with Gasteiger partial charge in [-0.2, -0.15) is 0 Å². The highest BCUT2D eigenvalue weighted by Gasteiger charge is 2.00. The van der Waals surface area contributed by atoms with E-state index in [0.29, 0.717) is 16.9 Å². The first-order valence-electron chi connectivity index (χ1n) is 5.58. The van der Waals surface area contributed by atoms with Crippen LogP contribution in [0.3, 0.4) is 0 Å². The number of allylic oxidation sites excluding steroid dienone is 1. The van der Waals surface area contributed by atoms with Crippen LogP contribution >= 0.6 is 0 Å². The number of nitrogens with two attached hydrogens (primary N) is 2. The molecule has 0 atom stereocenters. The molecule has 0 fully saturated rings. The molecule has 0 radical (unpaired) electrons. The first-order chi connectivity index (χ1) is 8.65. The van der Waals surface area contributed by atoms with Crippen molar-refractivity contribution < 1.29 is 4.79 Å². The summed E-state index contributed by atoms with van der Waals surface area (Å²) in [4.78, 5) is 11.8. The number of hydrogen-bond acceptors (Lipinski definition) is 3. The molecule has 0 spiro atoms. The smallest absolute Gasteiger partial charge is 0.185 e. The van der Waals surface area contributed by atoms with Gasteiger partial charge in [0, 0.05) is 16.9 Å². The van der Waals surface area contributed by atoms with E-state index in [-0.39, 0.29) is 5.78 Å². The van der Waals surface area contributed by atoms with Crippen LogP contribution in [-0.2, 0) is 0 Å². The van der Waals surface area contributed by atoms with Crippen LogP contribution in [0.1, 0.15) is 15.9 Å². The number of nitrogen functional groups attached to an aromatic ring is 2. The van der Waals surface area contributed by atoms with Gasteiger partial charge in [-0.15, -0.1) is 0 Å². The van der Waals surface area contributed by atoms with Crippen molar-refractivity contribution in [3.8, 4) is 0 Å². The largest absolute Gasteiger partial charge is 0.399 e. The minimum atomic E-state index is -0.0492. The maximum atomic E-state index is 11.8. The van der Waals surface area contributed by atoms with E-state index < -0.39 is 0 Å². The predicted octanol–water partition coefficient (Wildman–Crippen LogP) is 2.75. The standard InChI is InChI=1S/C15H14N2O/c16-13-6-1-11(2-7-13)3-10-15(18)12-4-8-14(17)9-5-12/h1-10H,16-17H2. The van der Waals surface area contributed by atoms with Gasteiger partial charge in [0.05, 0.1) is 0 Å². The molecule has 90 valence electrons. The third-order valence-corrected chi connectivity index (χ3v) is 2.56. The second kappa shape index (κ2) is 5.19. The normalized spacial score (nSPS) is 10.7. The summed E-state index contributed by atoms with van der Waals surface area (Å²) in [5.41, 5.74) is 14.1. The van der Waals surface area contributed by atoms with E-state index in [2.05, 4.69) is 0 Å². The van der Waals surface area contributed by atoms with Crippen LogP contribution in [0.2, 0.25) is 0 Å². The number of carbonyl (C=O) groups excluding carboxylic acids is 1. The Bertz CT molecular complexity index is 568. The summed E-state index contributed by atoms with van der Waals surface area (Å²) in [5.74, 6) is -0.0492. The molecule has 0 aliphatic heterocycles. The second-order valence-corrected chi connectivity index (χ2v) is 3.99. The molecule has 2 rings (SSSR count). The second-order valence-electron chi connectivity index (χ2n) is 3.99. The monoisotopic (exact) mass is 238 g/mol. The van der Waals surface area contributed by atoms with Crippen molar-refractivity contribution in [2.45, 2.75) is 0 Å². The molecular formula is C15H14N2O. The fraction of sp³-hybridized carbons (Fsp3) is 0. The van der Waals surface area contributed by atoms with E-state index in [0.717, 1.165) is 5.56 Å². The van der Waals surface area contributed by atoms with Crippen molar-refractivity contribution in [3.05, 3.63) is 65.7 Å². The van der Waals surface area contributed by atoms with Crippen LogP contribution in [0.25, 0.3) is 6.08 Å². The van der Waals surface area contributed by atoms with Gasteiger partial charge in [0.1, 0.15) is 0 Å². The van der Waals surface area contributed by atoms with Crippen molar-refractivity contribution in [1.29, 1.82) is 0 Å². The molecule has 2 aromatic carbocycles. The Labute approximate surface area is 106 Å². The Kier molecular flexibility index (Phi) is 3.44. The van der Waals surface area contributed by atoms with Crippen LogP contribution in [0, 0.1) is 0 Å². The molecule has 0 aliphatic carbocycles. The van der Waals surface area contributed by atoms with E-state index in [1.807, 2.05) is 12.1 Å². The Morgan fingerprint density at radius 2 is 1.33 bits per heavy atom. The van der Waals surface area contributed by atoms with Gasteiger partial charge in [0.15, 0.2) is 5.78 Å². The fourth-order valence-corrected chi connectivity index (χ4v) is 1.52. The summed E-state index contributed by atoms with van der Waals surface area (Å²) >= 11 is 0. The Morgan fingerprint density at radius 3 is 1.89 bits per heavy atom. The summed E-state index contributed by atoms with van der Waals surface area (Å²) in [6, 6.07) is 14.2. The zero-order valence-corrected chi connectivity index (χ0v) is 9.84. The molecule has 0 saturated carbocycles. The Balaban J connectivity index is 2.11. The number of carbonyl (C=O) groups is 1. The summed E-state index contributed by atoms with van der Waals surface area (Å²) in [6.07, 6.45) is 3.30. The van der Waals surface area contributed by atoms with Gasteiger partial charge < -0.3 is 11.5 Å². The zero-order chi connectivity index (χ0) is 13.0. The number of rotatable bonds is 3. The molecule has 0 aliphatic rings. The third kappa shape index (κ3) is 2.98. The van der Waals surface area contributed by atoms with Gasteiger partial charge >= 0.3 is 0 Å². The first-order valence-corrected chi connectivity index (χ1v) is 5.58. The highest BCUT2D eigenvalue weighted by molar-refractivity contribution is 6.06. The van der Waals surface area contributed by atoms with Crippen molar-refractivity contribution in [2.24, 2.45) is 0 Å². The lowest BCUT2D eigenvalue weighted by Gasteiger charge is -1.97. The summed E-state index contributed by atoms with van der Waals surface area (Å²) in [5, 5.41) is 0. The van der Waals surface area contributed by atoms with Crippen molar-refractivity contribution in [1.82, 2.24) is 0 Å². The van der Waals surface area contributed by atoms with Crippen LogP contribution in [-0.4, -0.2) is 5.78 Å². The molecule has 3 nitrogen and oxygen atoms in total. The molecule has 0 bridgehead atoms. The molecular weight excluding hydrogens is 224 g/mol. The maximum absolute atomic E-state index is 11.8. The lowest BCUT2D eigenvalue weighted by Crippen LogP contribution is -1.94. The summed E-state index contributed by atoms with van der Waals surface area (Å²) < 4.78 is 0. The van der Waals surface area contributed by atoms with Crippen molar-refractivity contribution in [2.75, 3.05) is 11.5 Å². The topological polar surface area (TPSA) is 69.1 Å². The number of hydrogen-bond donors (Lipinski definition) is 2. The highest BCUT2D eigenvalue weighted by Crippen LogP contribution is 2.10. The first kappa shape index (κ1) is 11.9. The highest BCUT2D eigenvalue weighted by atomic mass is 16.1. The minimum Gasteiger partial charge on any atom is -0.399 e. The van der Waals surface area contributed by atoms with Gasteiger partial charge in [-0.1, -0.05) is 18.2 Å². The van der Waals surface area contributed by atoms with E-state index in [9.17, 15) is 4.79 Å². The van der Waals surface area contributed by atoms with Crippen LogP contribution in [0.5, 0.6) is 0 Å². The number of ketones is 1. The lowest BCUT2D eigenvalue weighted by molar-refractivity contribution is 0.104. The van der Waals surface area contributed by atoms with Gasteiger partial charge in [-0.3, -0.25) is 4.79 Å². The summed E-state index contributed by atoms with van der Waals surface area (Å²) in [7, 11) is 0. The summed E-state index contributed by atoms with van der Waals surface area (Å²) in [6.45, 7) is 0. The van der Waals surface area contributed by atoms with Gasteiger partial charge in [0.25, 0.3) is 0 Å². The van der Waals surface area contributed by atoms with E-state index in [1.165, 1.54) is 6.08 Å². The molecule has 4 N–H and O–H groups in total. The Hall–Kier alpha value is -2.55. The average Bonchev–Trinajstić information content (AvgIpc) is 2.38. The molecule has 3 heteroatoms. The minimum absolute atomic E-state index is 0.0492. The molecule has 2 aromatic rings.